The van der Waals surface area contributed by atoms with Gasteiger partial charge in [0.25, 0.3) is 0 Å². The van der Waals surface area contributed by atoms with Gasteiger partial charge in [0.2, 0.25) is 15.9 Å². The number of benzene rings is 1. The second kappa shape index (κ2) is 7.74. The van der Waals surface area contributed by atoms with Crippen molar-refractivity contribution in [1.82, 2.24) is 4.72 Å². The van der Waals surface area contributed by atoms with Gasteiger partial charge in [-0.05, 0) is 37.6 Å². The van der Waals surface area contributed by atoms with Crippen LogP contribution < -0.4 is 15.8 Å². The maximum atomic E-state index is 11.9. The van der Waals surface area contributed by atoms with Gasteiger partial charge in [-0.1, -0.05) is 19.9 Å². The van der Waals surface area contributed by atoms with Crippen molar-refractivity contribution in [2.24, 2.45) is 11.7 Å². The molecule has 0 unspecified atom stereocenters. The molecule has 1 atom stereocenters. The summed E-state index contributed by atoms with van der Waals surface area (Å²) in [7, 11) is -2.21. The van der Waals surface area contributed by atoms with Crippen LogP contribution in [0.4, 0.5) is 5.69 Å². The second-order valence-electron chi connectivity index (χ2n) is 4.95. The van der Waals surface area contributed by atoms with E-state index in [1.807, 2.05) is 13.8 Å². The smallest absolute Gasteiger partial charge is 0.241 e. The zero-order valence-electron chi connectivity index (χ0n) is 12.5. The summed E-state index contributed by atoms with van der Waals surface area (Å²) < 4.78 is 26.0. The third-order valence-corrected chi connectivity index (χ3v) is 4.59. The standard InChI is InChI=1S/C13H21N3O3S.ClH/c1-8(2)12(14)13(17)16-10-6-5-9(3)11(7-10)20(18,19)15-4;/h5-8,12,15H,14H2,1-4H3,(H,16,17);1H/t12-;/m1./s1. The number of nitrogens with one attached hydrogen (secondary N) is 2. The Hall–Kier alpha value is -1.15. The first-order chi connectivity index (χ1) is 9.19. The van der Waals surface area contributed by atoms with E-state index >= 15 is 0 Å². The Morgan fingerprint density at radius 3 is 2.33 bits per heavy atom. The third-order valence-electron chi connectivity index (χ3n) is 3.03. The molecule has 1 rings (SSSR count). The van der Waals surface area contributed by atoms with Crippen molar-refractivity contribution in [3.63, 3.8) is 0 Å². The maximum Gasteiger partial charge on any atom is 0.241 e. The van der Waals surface area contributed by atoms with Gasteiger partial charge in [0.1, 0.15) is 0 Å². The molecule has 0 aliphatic heterocycles. The normalized spacial score (nSPS) is 12.7. The van der Waals surface area contributed by atoms with Crippen molar-refractivity contribution < 1.29 is 13.2 Å². The monoisotopic (exact) mass is 335 g/mol. The Morgan fingerprint density at radius 2 is 1.86 bits per heavy atom. The molecule has 0 aromatic heterocycles. The van der Waals surface area contributed by atoms with E-state index in [4.69, 9.17) is 5.73 Å². The van der Waals surface area contributed by atoms with Crippen LogP contribution in [0.5, 0.6) is 0 Å². The highest BCUT2D eigenvalue weighted by molar-refractivity contribution is 7.89. The van der Waals surface area contributed by atoms with Crippen LogP contribution in [0.3, 0.4) is 0 Å². The first kappa shape index (κ1) is 19.9. The number of aryl methyl sites for hydroxylation is 1. The van der Waals surface area contributed by atoms with Crippen LogP contribution in [0.1, 0.15) is 19.4 Å². The van der Waals surface area contributed by atoms with E-state index in [1.54, 1.807) is 19.1 Å². The van der Waals surface area contributed by atoms with E-state index in [9.17, 15) is 13.2 Å². The largest absolute Gasteiger partial charge is 0.325 e. The summed E-state index contributed by atoms with van der Waals surface area (Å²) in [6.45, 7) is 5.38. The van der Waals surface area contributed by atoms with Gasteiger partial charge in [-0.2, -0.15) is 0 Å². The van der Waals surface area contributed by atoms with Crippen LogP contribution in [-0.4, -0.2) is 27.4 Å². The minimum Gasteiger partial charge on any atom is -0.325 e. The fourth-order valence-corrected chi connectivity index (χ4v) is 2.60. The number of hydrogen-bond acceptors (Lipinski definition) is 4. The molecule has 0 aliphatic rings. The number of hydrogen-bond donors (Lipinski definition) is 3. The summed E-state index contributed by atoms with van der Waals surface area (Å²) in [4.78, 5) is 12.0. The van der Waals surface area contributed by atoms with Gasteiger partial charge in [0, 0.05) is 5.69 Å². The molecular weight excluding hydrogens is 314 g/mol. The zero-order valence-corrected chi connectivity index (χ0v) is 14.1. The lowest BCUT2D eigenvalue weighted by Gasteiger charge is -2.16. The molecule has 21 heavy (non-hydrogen) atoms. The van der Waals surface area contributed by atoms with Crippen LogP contribution in [0.15, 0.2) is 23.1 Å². The Morgan fingerprint density at radius 1 is 1.29 bits per heavy atom. The number of amides is 1. The highest BCUT2D eigenvalue weighted by Crippen LogP contribution is 2.20. The van der Waals surface area contributed by atoms with Gasteiger partial charge in [-0.3, -0.25) is 4.79 Å². The topological polar surface area (TPSA) is 101 Å². The average molecular weight is 336 g/mol. The first-order valence-corrected chi connectivity index (χ1v) is 7.78. The molecule has 8 heteroatoms. The summed E-state index contributed by atoms with van der Waals surface area (Å²) >= 11 is 0. The first-order valence-electron chi connectivity index (χ1n) is 6.29. The van der Waals surface area contributed by atoms with Crippen LogP contribution in [-0.2, 0) is 14.8 Å². The van der Waals surface area contributed by atoms with Crippen molar-refractivity contribution in [3.05, 3.63) is 23.8 Å². The van der Waals surface area contributed by atoms with Crippen molar-refractivity contribution in [1.29, 1.82) is 0 Å². The summed E-state index contributed by atoms with van der Waals surface area (Å²) in [5.41, 5.74) is 6.76. The van der Waals surface area contributed by atoms with Gasteiger partial charge in [-0.15, -0.1) is 12.4 Å². The zero-order chi connectivity index (χ0) is 15.5. The molecular formula is C13H22ClN3O3S. The fraction of sp³-hybridized carbons (Fsp3) is 0.462. The summed E-state index contributed by atoms with van der Waals surface area (Å²) in [5, 5.41) is 2.63. The number of halogens is 1. The van der Waals surface area contributed by atoms with E-state index in [2.05, 4.69) is 10.0 Å². The van der Waals surface area contributed by atoms with Crippen molar-refractivity contribution in [3.8, 4) is 0 Å². The lowest BCUT2D eigenvalue weighted by Crippen LogP contribution is -2.39. The summed E-state index contributed by atoms with van der Waals surface area (Å²) in [5.74, 6) is -0.336. The minimum atomic E-state index is -3.56. The van der Waals surface area contributed by atoms with Gasteiger partial charge < -0.3 is 11.1 Å². The number of rotatable bonds is 5. The molecule has 0 bridgehead atoms. The molecule has 0 heterocycles. The third kappa shape index (κ3) is 4.96. The SMILES string of the molecule is CNS(=O)(=O)c1cc(NC(=O)[C@H](N)C(C)C)ccc1C.Cl. The predicted octanol–water partition coefficient (Wildman–Crippen LogP) is 1.25. The maximum absolute atomic E-state index is 11.9. The highest BCUT2D eigenvalue weighted by atomic mass is 35.5. The number of sulfonamides is 1. The fourth-order valence-electron chi connectivity index (χ4n) is 1.61. The highest BCUT2D eigenvalue weighted by Gasteiger charge is 2.19. The van der Waals surface area contributed by atoms with E-state index in [0.29, 0.717) is 11.3 Å². The van der Waals surface area contributed by atoms with Crippen LogP contribution in [0, 0.1) is 12.8 Å². The molecule has 1 aromatic rings. The minimum absolute atomic E-state index is 0. The number of nitrogens with two attached hydrogens (primary N) is 1. The molecule has 0 aliphatic carbocycles. The summed E-state index contributed by atoms with van der Waals surface area (Å²) in [6, 6.07) is 4.07. The Kier molecular flexibility index (Phi) is 7.32. The van der Waals surface area contributed by atoms with E-state index in [0.717, 1.165) is 0 Å². The molecule has 6 nitrogen and oxygen atoms in total. The molecule has 1 aromatic carbocycles. The van der Waals surface area contributed by atoms with Gasteiger partial charge >= 0.3 is 0 Å². The molecule has 0 radical (unpaired) electrons. The van der Waals surface area contributed by atoms with Crippen molar-refractivity contribution in [2.45, 2.75) is 31.7 Å². The van der Waals surface area contributed by atoms with Crippen molar-refractivity contribution in [2.75, 3.05) is 12.4 Å². The van der Waals surface area contributed by atoms with Gasteiger partial charge in [-0.25, -0.2) is 13.1 Å². The van der Waals surface area contributed by atoms with Crippen LogP contribution >= 0.6 is 12.4 Å². The predicted molar refractivity (Wildman–Crippen MR) is 86.1 cm³/mol. The lowest BCUT2D eigenvalue weighted by molar-refractivity contribution is -0.118. The quantitative estimate of drug-likeness (QED) is 0.753. The number of carbonyl (C=O) groups is 1. The Bertz CT molecular complexity index is 603. The molecule has 0 spiro atoms. The van der Waals surface area contributed by atoms with Crippen LogP contribution in [0.2, 0.25) is 0 Å². The van der Waals surface area contributed by atoms with Crippen LogP contribution in [0.25, 0.3) is 0 Å². The van der Waals surface area contributed by atoms with Crippen molar-refractivity contribution >= 4 is 34.0 Å². The van der Waals surface area contributed by atoms with E-state index in [-0.39, 0.29) is 29.1 Å². The number of anilines is 1. The average Bonchev–Trinajstić information content (AvgIpc) is 2.39. The summed E-state index contributed by atoms with van der Waals surface area (Å²) in [6.07, 6.45) is 0. The Balaban J connectivity index is 0.00000400. The van der Waals surface area contributed by atoms with E-state index in [1.165, 1.54) is 13.1 Å². The Labute approximate surface area is 132 Å². The molecule has 1 amide bonds. The molecule has 0 saturated carbocycles. The second-order valence-corrected chi connectivity index (χ2v) is 6.80. The molecule has 0 fully saturated rings. The lowest BCUT2D eigenvalue weighted by atomic mass is 10.0. The molecule has 0 saturated heterocycles. The molecule has 120 valence electrons. The number of carbonyl (C=O) groups excluding carboxylic acids is 1. The van der Waals surface area contributed by atoms with Gasteiger partial charge in [0.15, 0.2) is 0 Å². The molecule has 4 N–H and O–H groups in total. The van der Waals surface area contributed by atoms with E-state index < -0.39 is 16.1 Å². The van der Waals surface area contributed by atoms with Gasteiger partial charge in [0.05, 0.1) is 10.9 Å².